The van der Waals surface area contributed by atoms with Crippen LogP contribution < -0.4 is 10.6 Å². The fraction of sp³-hybridized carbons (Fsp3) is 0.786. The highest BCUT2D eigenvalue weighted by Crippen LogP contribution is 2.17. The Balaban J connectivity index is 0.000000314. The van der Waals surface area contributed by atoms with E-state index >= 15 is 0 Å². The van der Waals surface area contributed by atoms with Gasteiger partial charge >= 0.3 is 19.1 Å². The van der Waals surface area contributed by atoms with Gasteiger partial charge in [-0.2, -0.15) is 0 Å². The Morgan fingerprint density at radius 1 is 1.11 bits per heavy atom. The zero-order valence-corrected chi connectivity index (χ0v) is 14.7. The lowest BCUT2D eigenvalue weighted by Gasteiger charge is -2.24. The average molecular weight is 391 g/mol. The summed E-state index contributed by atoms with van der Waals surface area (Å²) >= 11 is 0. The normalized spacial score (nSPS) is 23.9. The Morgan fingerprint density at radius 3 is 2.15 bits per heavy atom. The van der Waals surface area contributed by atoms with Gasteiger partial charge in [-0.05, 0) is 25.8 Å². The third-order valence-corrected chi connectivity index (χ3v) is 4.37. The van der Waals surface area contributed by atoms with Crippen LogP contribution in [0.3, 0.4) is 0 Å². The maximum Gasteiger partial charge on any atom is 0.475 e. The summed E-state index contributed by atoms with van der Waals surface area (Å²) < 4.78 is 0. The molecule has 0 aromatic carbocycles. The van der Waals surface area contributed by atoms with Crippen LogP contribution >= 0.6 is 0 Å². The van der Waals surface area contributed by atoms with Crippen LogP contribution in [0, 0.1) is 0 Å². The van der Waals surface area contributed by atoms with Gasteiger partial charge in [0.05, 0.1) is 12.5 Å². The summed E-state index contributed by atoms with van der Waals surface area (Å²) in [4.78, 5) is 33.1. The second-order valence-corrected chi connectivity index (χ2v) is 6.35. The fourth-order valence-electron chi connectivity index (χ4n) is 2.84. The molecule has 0 aliphatic carbocycles. The Labute approximate surface area is 155 Å². The lowest BCUT2D eigenvalue weighted by molar-refractivity contribution is -0.165. The number of likely N-dealkylation sites (tertiary alicyclic amines) is 1. The van der Waals surface area contributed by atoms with E-state index < -0.39 is 37.2 Å². The number of hydrogen-bond acceptors (Lipinski definition) is 9. The molecule has 2 fully saturated rings. The molecule has 2 rings (SSSR count). The monoisotopic (exact) mass is 391 g/mol. The zero-order valence-electron chi connectivity index (χ0n) is 14.7. The Bertz CT molecular complexity index is 498. The van der Waals surface area contributed by atoms with Crippen molar-refractivity contribution in [3.63, 3.8) is 0 Å². The molecule has 0 bridgehead atoms. The number of carbonyl (C=O) groups is 3. The average Bonchev–Trinajstić information content (AvgIpc) is 3.29. The van der Waals surface area contributed by atoms with Crippen molar-refractivity contribution in [3.8, 4) is 0 Å². The predicted molar refractivity (Wildman–Crippen MR) is 91.5 cm³/mol. The molecular formula is C14H26BN3O9. The van der Waals surface area contributed by atoms with Crippen molar-refractivity contribution in [3.05, 3.63) is 0 Å². The van der Waals surface area contributed by atoms with Gasteiger partial charge in [0, 0.05) is 19.1 Å². The van der Waals surface area contributed by atoms with Gasteiger partial charge in [0.1, 0.15) is 0 Å². The van der Waals surface area contributed by atoms with E-state index in [4.69, 9.17) is 20.4 Å². The van der Waals surface area contributed by atoms with Gasteiger partial charge in [-0.25, -0.2) is 9.59 Å². The molecular weight excluding hydrogens is 365 g/mol. The van der Waals surface area contributed by atoms with E-state index in [1.807, 2.05) is 0 Å². The van der Waals surface area contributed by atoms with Crippen LogP contribution in [-0.2, 0) is 14.4 Å². The van der Waals surface area contributed by atoms with Crippen molar-refractivity contribution in [2.45, 2.75) is 43.5 Å². The van der Waals surface area contributed by atoms with Gasteiger partial charge < -0.3 is 46.0 Å². The van der Waals surface area contributed by atoms with Gasteiger partial charge in [-0.1, -0.05) is 0 Å². The van der Waals surface area contributed by atoms with Gasteiger partial charge in [0.25, 0.3) is 0 Å². The smallest absolute Gasteiger partial charge is 0.475 e. The molecule has 2 saturated heterocycles. The van der Waals surface area contributed by atoms with E-state index in [0.717, 1.165) is 25.9 Å². The molecule has 12 nitrogen and oxygen atoms in total. The standard InChI is InChI=1S/C10H20BN3O3.C4H6O6/c15-10(7-13-8-3-4-12-6-8)14-5-1-2-9(14)11(16)17;5-1(3(7)8)2(6)4(9)10/h8-9,12-13,16-17H,1-7H2;1-2,5-6H,(H,7,8)(H,9,10)/t8-,9+;1-,2-/m11/s1. The lowest BCUT2D eigenvalue weighted by atomic mass is 9.78. The minimum atomic E-state index is -2.27. The van der Waals surface area contributed by atoms with Crippen molar-refractivity contribution >= 4 is 25.0 Å². The number of amides is 1. The topological polar surface area (TPSA) is 200 Å². The first-order chi connectivity index (χ1) is 12.6. The van der Waals surface area contributed by atoms with E-state index in [1.165, 1.54) is 0 Å². The zero-order chi connectivity index (χ0) is 20.6. The molecule has 27 heavy (non-hydrogen) atoms. The molecule has 0 radical (unpaired) electrons. The van der Waals surface area contributed by atoms with Crippen molar-refractivity contribution in [1.29, 1.82) is 0 Å². The first-order valence-corrected chi connectivity index (χ1v) is 8.56. The molecule has 0 spiro atoms. The molecule has 2 aliphatic heterocycles. The summed E-state index contributed by atoms with van der Waals surface area (Å²) in [7, 11) is -1.42. The molecule has 2 heterocycles. The second kappa shape index (κ2) is 11.2. The summed E-state index contributed by atoms with van der Waals surface area (Å²) in [5.41, 5.74) is 0. The number of aliphatic hydroxyl groups is 2. The lowest BCUT2D eigenvalue weighted by Crippen LogP contribution is -2.49. The third kappa shape index (κ3) is 7.40. The van der Waals surface area contributed by atoms with E-state index in [0.29, 0.717) is 19.0 Å². The maximum atomic E-state index is 11.9. The summed E-state index contributed by atoms with van der Waals surface area (Å²) in [5.74, 6) is -4.00. The number of nitrogens with zero attached hydrogens (tertiary/aromatic N) is 1. The molecule has 0 unspecified atom stereocenters. The van der Waals surface area contributed by atoms with Crippen molar-refractivity contribution in [2.75, 3.05) is 26.2 Å². The van der Waals surface area contributed by atoms with Crippen LogP contribution in [-0.4, -0.2) is 111 Å². The minimum absolute atomic E-state index is 0.0347. The van der Waals surface area contributed by atoms with Crippen LogP contribution in [0.5, 0.6) is 0 Å². The number of aliphatic hydroxyl groups excluding tert-OH is 2. The van der Waals surface area contributed by atoms with Crippen molar-refractivity contribution in [2.24, 2.45) is 0 Å². The van der Waals surface area contributed by atoms with Crippen LogP contribution in [0.2, 0.25) is 0 Å². The number of nitrogens with one attached hydrogen (secondary N) is 2. The third-order valence-electron chi connectivity index (χ3n) is 4.37. The molecule has 13 heteroatoms. The van der Waals surface area contributed by atoms with Crippen molar-refractivity contribution < 1.29 is 44.9 Å². The van der Waals surface area contributed by atoms with Crippen LogP contribution in [0.4, 0.5) is 0 Å². The molecule has 0 saturated carbocycles. The highest BCUT2D eigenvalue weighted by molar-refractivity contribution is 6.43. The Morgan fingerprint density at radius 2 is 1.70 bits per heavy atom. The van der Waals surface area contributed by atoms with Gasteiger partial charge in [0.2, 0.25) is 5.91 Å². The molecule has 2 aliphatic rings. The molecule has 8 N–H and O–H groups in total. The Hall–Kier alpha value is -1.77. The second-order valence-electron chi connectivity index (χ2n) is 6.35. The summed E-state index contributed by atoms with van der Waals surface area (Å²) in [6.45, 7) is 2.81. The minimum Gasteiger partial charge on any atom is -0.479 e. The van der Waals surface area contributed by atoms with Crippen LogP contribution in [0.15, 0.2) is 0 Å². The van der Waals surface area contributed by atoms with Gasteiger partial charge in [-0.15, -0.1) is 0 Å². The number of hydrogen-bond donors (Lipinski definition) is 8. The highest BCUT2D eigenvalue weighted by Gasteiger charge is 2.36. The molecule has 154 valence electrons. The summed E-state index contributed by atoms with van der Waals surface area (Å²) in [6, 6.07) is 0.360. The number of rotatable bonds is 7. The number of carboxylic acid groups (broad SMARTS) is 2. The van der Waals surface area contributed by atoms with E-state index in [9.17, 15) is 24.4 Å². The van der Waals surface area contributed by atoms with Gasteiger partial charge in [-0.3, -0.25) is 4.79 Å². The Kier molecular flexibility index (Phi) is 9.62. The largest absolute Gasteiger partial charge is 0.479 e. The molecule has 1 amide bonds. The van der Waals surface area contributed by atoms with E-state index in [-0.39, 0.29) is 12.5 Å². The summed E-state index contributed by atoms with van der Waals surface area (Å²) in [6.07, 6.45) is -1.97. The quantitative estimate of drug-likeness (QED) is 0.196. The fourth-order valence-corrected chi connectivity index (χ4v) is 2.84. The molecule has 4 atom stereocenters. The predicted octanol–water partition coefficient (Wildman–Crippen LogP) is -4.18. The number of aliphatic carboxylic acids is 2. The van der Waals surface area contributed by atoms with E-state index in [1.54, 1.807) is 4.90 Å². The molecule has 0 aromatic rings. The number of carboxylic acids is 2. The highest BCUT2D eigenvalue weighted by atomic mass is 16.4. The SMILES string of the molecule is O=C(CN[C@@H]1CCNC1)N1CCC[C@H]1B(O)O.O=C(O)[C@H](O)[C@@H](O)C(=O)O. The summed E-state index contributed by atoms with van der Waals surface area (Å²) in [5, 5.41) is 57.3. The maximum absolute atomic E-state index is 11.9. The molecule has 0 aromatic heterocycles. The van der Waals surface area contributed by atoms with Crippen LogP contribution in [0.25, 0.3) is 0 Å². The first-order valence-electron chi connectivity index (χ1n) is 8.56. The number of carbonyl (C=O) groups excluding carboxylic acids is 1. The first kappa shape index (κ1) is 23.3. The van der Waals surface area contributed by atoms with E-state index in [2.05, 4.69) is 10.6 Å². The van der Waals surface area contributed by atoms with Crippen LogP contribution in [0.1, 0.15) is 19.3 Å². The van der Waals surface area contributed by atoms with Gasteiger partial charge in [0.15, 0.2) is 12.2 Å². The van der Waals surface area contributed by atoms with Crippen molar-refractivity contribution in [1.82, 2.24) is 15.5 Å².